The predicted molar refractivity (Wildman–Crippen MR) is 116 cm³/mol. The highest BCUT2D eigenvalue weighted by atomic mass is 35.5. The van der Waals surface area contributed by atoms with Crippen LogP contribution < -0.4 is 0 Å². The number of hydrogen-bond acceptors (Lipinski definition) is 4. The Balaban J connectivity index is 0.000000377. The molecule has 158 valence electrons. The monoisotopic (exact) mass is 429 g/mol. The third-order valence-electron chi connectivity index (χ3n) is 5.04. The molecule has 0 saturated carbocycles. The minimum absolute atomic E-state index is 0.808. The molecule has 8 heteroatoms. The molecule has 0 aliphatic carbocycles. The molecule has 0 unspecified atom stereocenters. The molecule has 0 atom stereocenters. The van der Waals surface area contributed by atoms with Crippen molar-refractivity contribution in [2.75, 3.05) is 26.2 Å². The number of rotatable bonds is 4. The van der Waals surface area contributed by atoms with Crippen molar-refractivity contribution in [3.63, 3.8) is 0 Å². The molecule has 3 aromatic rings. The first-order valence-electron chi connectivity index (χ1n) is 9.62. The Morgan fingerprint density at radius 1 is 0.867 bits per heavy atom. The Kier molecular flexibility index (Phi) is 7.46. The van der Waals surface area contributed by atoms with Crippen molar-refractivity contribution in [2.24, 2.45) is 0 Å². The molecule has 30 heavy (non-hydrogen) atoms. The van der Waals surface area contributed by atoms with Crippen molar-refractivity contribution in [3.8, 4) is 0 Å². The zero-order valence-corrected chi connectivity index (χ0v) is 17.2. The number of piperazine rings is 1. The Morgan fingerprint density at radius 3 is 2.03 bits per heavy atom. The van der Waals surface area contributed by atoms with Crippen LogP contribution in [0.15, 0.2) is 54.7 Å². The SMILES string of the molecule is Clc1ccc(CN2CCN(Cc3c[nH]c4ccccc34)CC2)cc1.O=C(O)C(=O)O. The van der Waals surface area contributed by atoms with Crippen molar-refractivity contribution in [2.45, 2.75) is 13.1 Å². The van der Waals surface area contributed by atoms with E-state index in [2.05, 4.69) is 57.4 Å². The summed E-state index contributed by atoms with van der Waals surface area (Å²) in [5, 5.41) is 16.9. The highest BCUT2D eigenvalue weighted by molar-refractivity contribution is 6.30. The largest absolute Gasteiger partial charge is 0.473 e. The average Bonchev–Trinajstić information content (AvgIpc) is 3.14. The van der Waals surface area contributed by atoms with Crippen molar-refractivity contribution in [1.29, 1.82) is 0 Å². The first-order chi connectivity index (χ1) is 14.4. The van der Waals surface area contributed by atoms with Gasteiger partial charge >= 0.3 is 11.9 Å². The lowest BCUT2D eigenvalue weighted by molar-refractivity contribution is -0.159. The van der Waals surface area contributed by atoms with E-state index in [0.29, 0.717) is 0 Å². The summed E-state index contributed by atoms with van der Waals surface area (Å²) >= 11 is 5.96. The van der Waals surface area contributed by atoms with Crippen molar-refractivity contribution < 1.29 is 19.8 Å². The number of carbonyl (C=O) groups is 2. The van der Waals surface area contributed by atoms with Crippen LogP contribution in [0.2, 0.25) is 5.02 Å². The molecule has 1 saturated heterocycles. The van der Waals surface area contributed by atoms with Gasteiger partial charge in [0, 0.05) is 61.4 Å². The molecule has 1 aromatic heterocycles. The molecule has 2 aromatic carbocycles. The summed E-state index contributed by atoms with van der Waals surface area (Å²) < 4.78 is 0. The summed E-state index contributed by atoms with van der Waals surface area (Å²) in [4.78, 5) is 26.6. The van der Waals surface area contributed by atoms with Crippen LogP contribution in [0, 0.1) is 0 Å². The fraction of sp³-hybridized carbons (Fsp3) is 0.273. The van der Waals surface area contributed by atoms with E-state index in [9.17, 15) is 0 Å². The van der Waals surface area contributed by atoms with E-state index in [1.54, 1.807) is 0 Å². The van der Waals surface area contributed by atoms with E-state index in [-0.39, 0.29) is 0 Å². The van der Waals surface area contributed by atoms with Gasteiger partial charge in [-0.1, -0.05) is 41.9 Å². The van der Waals surface area contributed by atoms with Gasteiger partial charge in [-0.25, -0.2) is 9.59 Å². The number of nitrogens with zero attached hydrogens (tertiary/aromatic N) is 2. The Morgan fingerprint density at radius 2 is 1.43 bits per heavy atom. The molecule has 4 rings (SSSR count). The lowest BCUT2D eigenvalue weighted by Crippen LogP contribution is -2.45. The first kappa shape index (κ1) is 21.8. The molecule has 0 bridgehead atoms. The normalized spacial score (nSPS) is 14.8. The highest BCUT2D eigenvalue weighted by Crippen LogP contribution is 2.20. The summed E-state index contributed by atoms with van der Waals surface area (Å²) in [6, 6.07) is 16.7. The van der Waals surface area contributed by atoms with Crippen LogP contribution in [0.4, 0.5) is 0 Å². The van der Waals surface area contributed by atoms with Crippen LogP contribution in [0.25, 0.3) is 10.9 Å². The van der Waals surface area contributed by atoms with Crippen LogP contribution >= 0.6 is 11.6 Å². The topological polar surface area (TPSA) is 96.9 Å². The summed E-state index contributed by atoms with van der Waals surface area (Å²) in [5.74, 6) is -3.65. The smallest absolute Gasteiger partial charge is 0.414 e. The zero-order valence-electron chi connectivity index (χ0n) is 16.4. The van der Waals surface area contributed by atoms with Gasteiger partial charge in [-0.15, -0.1) is 0 Å². The minimum atomic E-state index is -1.82. The van der Waals surface area contributed by atoms with Crippen LogP contribution in [-0.2, 0) is 22.7 Å². The molecule has 1 aliphatic rings. The van der Waals surface area contributed by atoms with Gasteiger partial charge in [0.2, 0.25) is 0 Å². The molecule has 3 N–H and O–H groups in total. The van der Waals surface area contributed by atoms with E-state index in [0.717, 1.165) is 44.3 Å². The number of aliphatic carboxylic acids is 2. The van der Waals surface area contributed by atoms with Gasteiger partial charge in [-0.2, -0.15) is 0 Å². The Bertz CT molecular complexity index is 983. The summed E-state index contributed by atoms with van der Waals surface area (Å²) in [6.07, 6.45) is 2.16. The number of aromatic nitrogens is 1. The van der Waals surface area contributed by atoms with Crippen LogP contribution in [0.3, 0.4) is 0 Å². The minimum Gasteiger partial charge on any atom is -0.473 e. The third kappa shape index (κ3) is 6.06. The summed E-state index contributed by atoms with van der Waals surface area (Å²) in [7, 11) is 0. The Labute approximate surface area is 179 Å². The third-order valence-corrected chi connectivity index (χ3v) is 5.29. The molecular formula is C22H24ClN3O4. The van der Waals surface area contributed by atoms with Crippen molar-refractivity contribution in [1.82, 2.24) is 14.8 Å². The fourth-order valence-electron chi connectivity index (χ4n) is 3.46. The van der Waals surface area contributed by atoms with Crippen LogP contribution in [-0.4, -0.2) is 63.1 Å². The molecule has 7 nitrogen and oxygen atoms in total. The van der Waals surface area contributed by atoms with Gasteiger partial charge in [0.05, 0.1) is 0 Å². The average molecular weight is 430 g/mol. The molecule has 1 fully saturated rings. The molecule has 0 amide bonds. The fourth-order valence-corrected chi connectivity index (χ4v) is 3.58. The number of fused-ring (bicyclic) bond motifs is 1. The van der Waals surface area contributed by atoms with Crippen LogP contribution in [0.5, 0.6) is 0 Å². The van der Waals surface area contributed by atoms with E-state index in [4.69, 9.17) is 31.4 Å². The number of H-pyrrole nitrogens is 1. The highest BCUT2D eigenvalue weighted by Gasteiger charge is 2.18. The molecule has 0 radical (unpaired) electrons. The van der Waals surface area contributed by atoms with Gasteiger partial charge in [0.15, 0.2) is 0 Å². The lowest BCUT2D eigenvalue weighted by atomic mass is 10.1. The number of hydrogen-bond donors (Lipinski definition) is 3. The summed E-state index contributed by atoms with van der Waals surface area (Å²) in [6.45, 7) is 6.51. The molecular weight excluding hydrogens is 406 g/mol. The maximum absolute atomic E-state index is 9.10. The summed E-state index contributed by atoms with van der Waals surface area (Å²) in [5.41, 5.74) is 3.97. The first-order valence-corrected chi connectivity index (χ1v) is 10.0. The second-order valence-corrected chi connectivity index (χ2v) is 7.59. The number of benzene rings is 2. The number of halogens is 1. The number of aromatic amines is 1. The molecule has 1 aliphatic heterocycles. The molecule has 0 spiro atoms. The van der Waals surface area contributed by atoms with Gasteiger partial charge < -0.3 is 15.2 Å². The Hall–Kier alpha value is -2.87. The van der Waals surface area contributed by atoms with E-state index in [1.165, 1.54) is 22.0 Å². The molecule has 2 heterocycles. The van der Waals surface area contributed by atoms with E-state index in [1.807, 2.05) is 12.1 Å². The quantitative estimate of drug-likeness (QED) is 0.550. The van der Waals surface area contributed by atoms with Crippen molar-refractivity contribution in [3.05, 3.63) is 70.9 Å². The number of carboxylic acids is 2. The van der Waals surface area contributed by atoms with Gasteiger partial charge in [0.1, 0.15) is 0 Å². The van der Waals surface area contributed by atoms with E-state index < -0.39 is 11.9 Å². The van der Waals surface area contributed by atoms with Gasteiger partial charge in [0.25, 0.3) is 0 Å². The second kappa shape index (κ2) is 10.2. The number of carboxylic acid groups (broad SMARTS) is 2. The van der Waals surface area contributed by atoms with Gasteiger partial charge in [-0.05, 0) is 29.3 Å². The number of nitrogens with one attached hydrogen (secondary N) is 1. The number of para-hydroxylation sites is 1. The maximum Gasteiger partial charge on any atom is 0.414 e. The second-order valence-electron chi connectivity index (χ2n) is 7.15. The van der Waals surface area contributed by atoms with Crippen LogP contribution in [0.1, 0.15) is 11.1 Å². The van der Waals surface area contributed by atoms with Gasteiger partial charge in [-0.3, -0.25) is 9.80 Å². The maximum atomic E-state index is 9.10. The lowest BCUT2D eigenvalue weighted by Gasteiger charge is -2.34. The predicted octanol–water partition coefficient (Wildman–Crippen LogP) is 3.29. The standard InChI is InChI=1S/C20H22ClN3.C2H2O4/c21-18-7-5-16(6-8-18)14-23-9-11-24(12-10-23)15-17-13-22-20-4-2-1-3-19(17)20;3-1(4)2(5)6/h1-8,13,22H,9-12,14-15H2;(H,3,4)(H,5,6). The van der Waals surface area contributed by atoms with E-state index >= 15 is 0 Å². The van der Waals surface area contributed by atoms with Crippen molar-refractivity contribution >= 4 is 34.4 Å². The zero-order chi connectivity index (χ0) is 21.5.